The normalized spacial score (nSPS) is 14.2. The van der Waals surface area contributed by atoms with Gasteiger partial charge in [-0.25, -0.2) is 0 Å². The number of nitrogens with zero attached hydrogens (tertiary/aromatic N) is 2. The Morgan fingerprint density at radius 3 is 2.53 bits per heavy atom. The number of benzene rings is 2. The number of aromatic hydroxyl groups is 1. The van der Waals surface area contributed by atoms with Crippen molar-refractivity contribution in [2.45, 2.75) is 19.4 Å². The van der Waals surface area contributed by atoms with Gasteiger partial charge in [0, 0.05) is 43.2 Å². The van der Waals surface area contributed by atoms with Crippen LogP contribution in [0.1, 0.15) is 18.4 Å². The van der Waals surface area contributed by atoms with E-state index < -0.39 is 4.92 Å². The lowest BCUT2D eigenvalue weighted by molar-refractivity contribution is -0.384. The minimum atomic E-state index is -0.557. The third kappa shape index (κ3) is 5.47. The summed E-state index contributed by atoms with van der Waals surface area (Å²) in [5.74, 6) is -0.0676. The average molecular weight is 413 g/mol. The first kappa shape index (κ1) is 21.1. The van der Waals surface area contributed by atoms with E-state index >= 15 is 0 Å². The molecule has 2 aromatic rings. The Morgan fingerprint density at radius 2 is 1.87 bits per heavy atom. The van der Waals surface area contributed by atoms with Crippen LogP contribution in [0.2, 0.25) is 0 Å². The van der Waals surface area contributed by atoms with Crippen LogP contribution in [0.3, 0.4) is 0 Å². The maximum absolute atomic E-state index is 12.4. The van der Waals surface area contributed by atoms with Crippen LogP contribution in [-0.2, 0) is 16.1 Å². The van der Waals surface area contributed by atoms with Gasteiger partial charge in [-0.15, -0.1) is 0 Å². The highest BCUT2D eigenvalue weighted by Gasteiger charge is 2.27. The van der Waals surface area contributed by atoms with Gasteiger partial charge in [0.2, 0.25) is 5.91 Å². The maximum Gasteiger partial charge on any atom is 0.270 e. The number of para-hydroxylation sites is 1. The third-order valence-electron chi connectivity index (χ3n) is 5.05. The zero-order valence-electron chi connectivity index (χ0n) is 16.3. The lowest BCUT2D eigenvalue weighted by atomic mass is 9.95. The summed E-state index contributed by atoms with van der Waals surface area (Å²) in [5, 5.41) is 23.4. The molecule has 9 heteroatoms. The molecule has 9 nitrogen and oxygen atoms in total. The summed E-state index contributed by atoms with van der Waals surface area (Å²) in [6, 6.07) is 12.8. The molecule has 1 heterocycles. The highest BCUT2D eigenvalue weighted by atomic mass is 16.6. The van der Waals surface area contributed by atoms with E-state index in [2.05, 4.69) is 5.32 Å². The van der Waals surface area contributed by atoms with Crippen molar-refractivity contribution in [2.75, 3.05) is 19.7 Å². The van der Waals surface area contributed by atoms with Crippen LogP contribution < -0.4 is 10.1 Å². The van der Waals surface area contributed by atoms with Crippen LogP contribution in [0.4, 0.5) is 5.69 Å². The first-order valence-electron chi connectivity index (χ1n) is 9.63. The Balaban J connectivity index is 1.44. The fourth-order valence-corrected chi connectivity index (χ4v) is 3.30. The number of phenolic OH excluding ortho intramolecular Hbond substituents is 1. The monoisotopic (exact) mass is 413 g/mol. The highest BCUT2D eigenvalue weighted by Crippen LogP contribution is 2.23. The van der Waals surface area contributed by atoms with Crippen LogP contribution in [0.5, 0.6) is 11.5 Å². The summed E-state index contributed by atoms with van der Waals surface area (Å²) in [7, 11) is 0. The number of nitrogens with one attached hydrogen (secondary N) is 1. The van der Waals surface area contributed by atoms with E-state index in [1.807, 2.05) is 18.2 Å². The van der Waals surface area contributed by atoms with E-state index in [-0.39, 0.29) is 47.9 Å². The maximum atomic E-state index is 12.4. The predicted molar refractivity (Wildman–Crippen MR) is 108 cm³/mol. The molecule has 1 aliphatic rings. The van der Waals surface area contributed by atoms with Gasteiger partial charge in [-0.1, -0.05) is 18.2 Å². The number of rotatable bonds is 7. The molecule has 3 rings (SSSR count). The fraction of sp³-hybridized carbons (Fsp3) is 0.333. The number of hydrogen-bond donors (Lipinski definition) is 2. The molecular weight excluding hydrogens is 390 g/mol. The second-order valence-electron chi connectivity index (χ2n) is 7.04. The molecule has 0 spiro atoms. The topological polar surface area (TPSA) is 122 Å². The molecule has 0 bridgehead atoms. The van der Waals surface area contributed by atoms with Gasteiger partial charge in [0.05, 0.1) is 4.92 Å². The van der Waals surface area contributed by atoms with Gasteiger partial charge >= 0.3 is 0 Å². The Hall–Kier alpha value is -3.62. The van der Waals surface area contributed by atoms with E-state index in [4.69, 9.17) is 4.74 Å². The summed E-state index contributed by atoms with van der Waals surface area (Å²) in [6.07, 6.45) is 1.04. The van der Waals surface area contributed by atoms with Gasteiger partial charge in [0.25, 0.3) is 11.6 Å². The number of nitro groups is 1. The van der Waals surface area contributed by atoms with Crippen molar-refractivity contribution >= 4 is 17.5 Å². The summed E-state index contributed by atoms with van der Waals surface area (Å²) in [4.78, 5) is 36.7. The Morgan fingerprint density at radius 1 is 1.17 bits per heavy atom. The lowest BCUT2D eigenvalue weighted by Gasteiger charge is -2.31. The molecule has 0 radical (unpaired) electrons. The van der Waals surface area contributed by atoms with E-state index in [1.165, 1.54) is 18.2 Å². The lowest BCUT2D eigenvalue weighted by Crippen LogP contribution is -2.44. The van der Waals surface area contributed by atoms with Crippen LogP contribution in [0, 0.1) is 16.0 Å². The van der Waals surface area contributed by atoms with Crippen LogP contribution in [0.15, 0.2) is 48.5 Å². The molecule has 0 atom stereocenters. The Kier molecular flexibility index (Phi) is 6.84. The number of phenols is 1. The van der Waals surface area contributed by atoms with Crippen molar-refractivity contribution in [3.63, 3.8) is 0 Å². The minimum Gasteiger partial charge on any atom is -0.508 e. The smallest absolute Gasteiger partial charge is 0.270 e. The molecule has 0 aliphatic carbocycles. The van der Waals surface area contributed by atoms with Crippen molar-refractivity contribution in [3.05, 3.63) is 64.2 Å². The number of carbonyl (C=O) groups is 2. The summed E-state index contributed by atoms with van der Waals surface area (Å²) in [5.41, 5.74) is 0.129. The largest absolute Gasteiger partial charge is 0.508 e. The van der Waals surface area contributed by atoms with Gasteiger partial charge in [0.15, 0.2) is 6.61 Å². The van der Waals surface area contributed by atoms with Crippen LogP contribution in [0.25, 0.3) is 0 Å². The number of nitro benzene ring substituents is 1. The number of amides is 2. The molecule has 1 aliphatic heterocycles. The minimum absolute atomic E-state index is 0.00356. The molecule has 1 saturated heterocycles. The van der Waals surface area contributed by atoms with Gasteiger partial charge in [-0.2, -0.15) is 0 Å². The van der Waals surface area contributed by atoms with Crippen molar-refractivity contribution in [3.8, 4) is 11.5 Å². The van der Waals surface area contributed by atoms with Crippen molar-refractivity contribution in [1.82, 2.24) is 10.2 Å². The van der Waals surface area contributed by atoms with E-state index in [0.717, 1.165) is 0 Å². The number of non-ortho nitro benzene ring substituents is 1. The second-order valence-corrected chi connectivity index (χ2v) is 7.04. The molecule has 0 aromatic heterocycles. The van der Waals surface area contributed by atoms with Crippen LogP contribution >= 0.6 is 0 Å². The van der Waals surface area contributed by atoms with E-state index in [9.17, 15) is 24.8 Å². The molecule has 0 unspecified atom stereocenters. The van der Waals surface area contributed by atoms with E-state index in [0.29, 0.717) is 31.7 Å². The highest BCUT2D eigenvalue weighted by molar-refractivity contribution is 5.80. The Bertz CT molecular complexity index is 910. The summed E-state index contributed by atoms with van der Waals surface area (Å²) in [6.45, 7) is 0.859. The van der Waals surface area contributed by atoms with Crippen molar-refractivity contribution < 1.29 is 24.4 Å². The molecule has 30 heavy (non-hydrogen) atoms. The zero-order chi connectivity index (χ0) is 21.5. The third-order valence-corrected chi connectivity index (χ3v) is 5.05. The molecular formula is C21H23N3O6. The number of likely N-dealkylation sites (tertiary alicyclic amines) is 1. The van der Waals surface area contributed by atoms with Gasteiger partial charge in [-0.05, 0) is 31.0 Å². The molecule has 2 N–H and O–H groups in total. The molecule has 1 fully saturated rings. The van der Waals surface area contributed by atoms with Crippen molar-refractivity contribution in [1.29, 1.82) is 0 Å². The van der Waals surface area contributed by atoms with Gasteiger partial charge in [0.1, 0.15) is 11.5 Å². The van der Waals surface area contributed by atoms with Gasteiger partial charge in [-0.3, -0.25) is 19.7 Å². The standard InChI is InChI=1S/C21H23N3O6/c25-19-7-6-17(24(28)29)12-16(19)13-22-21(27)15-8-10-23(11-9-15)20(26)14-30-18-4-2-1-3-5-18/h1-7,12,15,25H,8-11,13-14H2,(H,22,27). The molecule has 0 saturated carbocycles. The average Bonchev–Trinajstić information content (AvgIpc) is 2.77. The number of carbonyl (C=O) groups excluding carboxylic acids is 2. The zero-order valence-corrected chi connectivity index (χ0v) is 16.3. The molecule has 2 aromatic carbocycles. The van der Waals surface area contributed by atoms with Crippen molar-refractivity contribution in [2.24, 2.45) is 5.92 Å². The van der Waals surface area contributed by atoms with Gasteiger partial charge < -0.3 is 20.1 Å². The van der Waals surface area contributed by atoms with E-state index in [1.54, 1.807) is 17.0 Å². The molecule has 158 valence electrons. The first-order chi connectivity index (χ1) is 14.4. The first-order valence-corrected chi connectivity index (χ1v) is 9.63. The number of ether oxygens (including phenoxy) is 1. The quantitative estimate of drug-likeness (QED) is 0.530. The Labute approximate surface area is 173 Å². The number of hydrogen-bond acceptors (Lipinski definition) is 6. The number of piperidine rings is 1. The second kappa shape index (κ2) is 9.73. The SMILES string of the molecule is O=C(NCc1cc([N+](=O)[O-])ccc1O)C1CCN(C(=O)COc2ccccc2)CC1. The van der Waals surface area contributed by atoms with Crippen LogP contribution in [-0.4, -0.2) is 46.4 Å². The predicted octanol–water partition coefficient (Wildman–Crippen LogP) is 2.23. The summed E-state index contributed by atoms with van der Waals surface area (Å²) >= 11 is 0. The summed E-state index contributed by atoms with van der Waals surface area (Å²) < 4.78 is 5.48. The molecule has 2 amide bonds. The fourth-order valence-electron chi connectivity index (χ4n) is 3.30.